The number of rotatable bonds is 31. The Kier molecular flexibility index (Phi) is 26.9. The Morgan fingerprint density at radius 3 is 1.64 bits per heavy atom. The first-order valence-corrected chi connectivity index (χ1v) is 22.1. The van der Waals surface area contributed by atoms with Gasteiger partial charge in [-0.25, -0.2) is 0 Å². The van der Waals surface area contributed by atoms with Crippen LogP contribution < -0.4 is 65.5 Å². The molecule has 0 radical (unpaired) electrons. The summed E-state index contributed by atoms with van der Waals surface area (Å²) in [6.45, 7) is -0.0590. The number of nitrogens with two attached hydrogens (primary N) is 4. The molecule has 67 heavy (non-hydrogen) atoms. The minimum atomic E-state index is -1.80. The summed E-state index contributed by atoms with van der Waals surface area (Å²) >= 11 is 7.96. The number of aliphatic imine (C=N–C) groups is 1. The average Bonchev–Trinajstić information content (AvgIpc) is 3.75. The first kappa shape index (κ1) is 58.6. The van der Waals surface area contributed by atoms with E-state index in [1.165, 1.54) is 6.92 Å². The molecule has 0 aromatic rings. The first-order chi connectivity index (χ1) is 31.5. The van der Waals surface area contributed by atoms with E-state index in [0.29, 0.717) is 12.8 Å². The van der Waals surface area contributed by atoms with Gasteiger partial charge in [-0.05, 0) is 51.5 Å². The number of hydrogen-bond donors (Lipinski definition) is 16. The highest BCUT2D eigenvalue weighted by molar-refractivity contribution is 7.80. The lowest BCUT2D eigenvalue weighted by Gasteiger charge is -2.27. The molecule has 7 atom stereocenters. The van der Waals surface area contributed by atoms with E-state index in [-0.39, 0.29) is 69.2 Å². The van der Waals surface area contributed by atoms with Crippen LogP contribution in [0.1, 0.15) is 64.7 Å². The number of primary amides is 1. The number of likely N-dealkylation sites (tertiary alicyclic amines) is 1. The maximum Gasteiger partial charge on any atom is 0.305 e. The SMILES string of the molecule is CC(=O)N[C@@H](CS)C(=O)N[C@@H](CCCN=C(N)N)C(=O)NCC(=O)N[C@@H](CC(=O)O)C(=O)N[C@@H](CCCCN)C(=O)NCC(=O)N1CCC[C@H]1C(=O)N[C@@H](CC(=O)O)C(=O)N[C@@H](CS)C(N)=O. The van der Waals surface area contributed by atoms with Crippen LogP contribution in [0.25, 0.3) is 0 Å². The van der Waals surface area contributed by atoms with Gasteiger partial charge in [0, 0.05) is 31.5 Å². The van der Waals surface area contributed by atoms with Crippen molar-refractivity contribution in [3.8, 4) is 0 Å². The van der Waals surface area contributed by atoms with Crippen molar-refractivity contribution in [2.45, 2.75) is 107 Å². The predicted octanol–water partition coefficient (Wildman–Crippen LogP) is -7.38. The maximum atomic E-state index is 13.5. The number of thiol groups is 2. The van der Waals surface area contributed by atoms with Crippen LogP contribution in [0.15, 0.2) is 4.99 Å². The summed E-state index contributed by atoms with van der Waals surface area (Å²) in [4.78, 5) is 157. The normalized spacial score (nSPS) is 15.6. The second-order valence-electron chi connectivity index (χ2n) is 15.0. The van der Waals surface area contributed by atoms with E-state index in [1.807, 2.05) is 0 Å². The number of guanidine groups is 1. The second-order valence-corrected chi connectivity index (χ2v) is 15.7. The number of nitrogens with one attached hydrogen (secondary N) is 8. The van der Waals surface area contributed by atoms with Crippen molar-refractivity contribution < 1.29 is 67.7 Å². The molecule has 1 aliphatic rings. The van der Waals surface area contributed by atoms with Crippen molar-refractivity contribution in [3.63, 3.8) is 0 Å². The zero-order chi connectivity index (χ0) is 50.8. The Morgan fingerprint density at radius 2 is 1.15 bits per heavy atom. The number of carbonyl (C=O) groups excluding carboxylic acids is 10. The summed E-state index contributed by atoms with van der Waals surface area (Å²) < 4.78 is 0. The van der Waals surface area contributed by atoms with Gasteiger partial charge in [0.2, 0.25) is 59.1 Å². The van der Waals surface area contributed by atoms with E-state index in [1.54, 1.807) is 0 Å². The van der Waals surface area contributed by atoms with Crippen LogP contribution >= 0.6 is 25.3 Å². The van der Waals surface area contributed by atoms with Crippen molar-refractivity contribution in [2.24, 2.45) is 27.9 Å². The molecule has 1 aliphatic heterocycles. The Labute approximate surface area is 395 Å². The number of carboxylic acid groups (broad SMARTS) is 2. The molecule has 0 aromatic carbocycles. The Bertz CT molecular complexity index is 1840. The zero-order valence-electron chi connectivity index (χ0n) is 36.7. The molecule has 0 aromatic heterocycles. The van der Waals surface area contributed by atoms with Crippen LogP contribution in [0.4, 0.5) is 0 Å². The van der Waals surface area contributed by atoms with Gasteiger partial charge >= 0.3 is 11.9 Å². The molecule has 1 heterocycles. The van der Waals surface area contributed by atoms with Gasteiger partial charge < -0.3 is 80.6 Å². The molecule has 0 spiro atoms. The minimum Gasteiger partial charge on any atom is -0.481 e. The van der Waals surface area contributed by atoms with Crippen LogP contribution in [0, 0.1) is 0 Å². The molecule has 30 heteroatoms. The maximum absolute atomic E-state index is 13.5. The van der Waals surface area contributed by atoms with Gasteiger partial charge in [-0.1, -0.05) is 0 Å². The molecule has 18 N–H and O–H groups in total. The smallest absolute Gasteiger partial charge is 0.305 e. The lowest BCUT2D eigenvalue weighted by atomic mass is 10.1. The van der Waals surface area contributed by atoms with Gasteiger partial charge in [-0.3, -0.25) is 62.5 Å². The zero-order valence-corrected chi connectivity index (χ0v) is 38.5. The highest BCUT2D eigenvalue weighted by Crippen LogP contribution is 2.18. The third-order valence-electron chi connectivity index (χ3n) is 9.63. The van der Waals surface area contributed by atoms with Crippen molar-refractivity contribution in [1.29, 1.82) is 0 Å². The quantitative estimate of drug-likeness (QED) is 0.0133. The van der Waals surface area contributed by atoms with E-state index < -0.39 is 139 Å². The van der Waals surface area contributed by atoms with Crippen LogP contribution in [0.3, 0.4) is 0 Å². The number of amides is 10. The summed E-state index contributed by atoms with van der Waals surface area (Å²) in [6.07, 6.45) is -0.738. The molecule has 0 aliphatic carbocycles. The van der Waals surface area contributed by atoms with Crippen molar-refractivity contribution in [2.75, 3.05) is 44.2 Å². The Hall–Kier alpha value is -6.43. The fourth-order valence-corrected chi connectivity index (χ4v) is 6.82. The number of nitrogens with zero attached hydrogens (tertiary/aromatic N) is 2. The van der Waals surface area contributed by atoms with E-state index in [0.717, 1.165) is 4.90 Å². The highest BCUT2D eigenvalue weighted by atomic mass is 32.1. The highest BCUT2D eigenvalue weighted by Gasteiger charge is 2.37. The number of carboxylic acids is 2. The lowest BCUT2D eigenvalue weighted by molar-refractivity contribution is -0.143. The molecule has 1 saturated heterocycles. The van der Waals surface area contributed by atoms with E-state index >= 15 is 0 Å². The molecule has 0 unspecified atom stereocenters. The van der Waals surface area contributed by atoms with Crippen molar-refractivity contribution in [1.82, 2.24) is 47.4 Å². The summed E-state index contributed by atoms with van der Waals surface area (Å²) in [7, 11) is 0. The van der Waals surface area contributed by atoms with E-state index in [4.69, 9.17) is 22.9 Å². The average molecular weight is 991 g/mol. The summed E-state index contributed by atoms with van der Waals surface area (Å²) in [6, 6.07) is -9.76. The fourth-order valence-electron chi connectivity index (χ4n) is 6.29. The van der Waals surface area contributed by atoms with Crippen LogP contribution in [-0.4, -0.2) is 179 Å². The number of hydrogen-bond acceptors (Lipinski definition) is 16. The molecule has 1 fully saturated rings. The largest absolute Gasteiger partial charge is 0.481 e. The predicted molar refractivity (Wildman–Crippen MR) is 242 cm³/mol. The van der Waals surface area contributed by atoms with E-state index in [9.17, 15) is 67.7 Å². The number of carbonyl (C=O) groups is 12. The van der Waals surface area contributed by atoms with Gasteiger partial charge in [0.05, 0.1) is 25.9 Å². The van der Waals surface area contributed by atoms with E-state index in [2.05, 4.69) is 72.8 Å². The number of aliphatic carboxylic acids is 2. The molecular formula is C37H62N14O14S2. The third-order valence-corrected chi connectivity index (χ3v) is 10.4. The number of unbranched alkanes of at least 4 members (excludes halogenated alkanes) is 1. The van der Waals surface area contributed by atoms with Crippen LogP contribution in [0.2, 0.25) is 0 Å². The van der Waals surface area contributed by atoms with Gasteiger partial charge in [0.15, 0.2) is 5.96 Å². The van der Waals surface area contributed by atoms with Crippen molar-refractivity contribution >= 4 is 102 Å². The second kappa shape index (κ2) is 30.7. The molecule has 0 saturated carbocycles. The first-order valence-electron chi connectivity index (χ1n) is 20.9. The molecular weight excluding hydrogens is 929 g/mol. The lowest BCUT2D eigenvalue weighted by Crippen LogP contribution is -2.58. The van der Waals surface area contributed by atoms with Crippen LogP contribution in [-0.2, 0) is 57.5 Å². The van der Waals surface area contributed by atoms with Gasteiger partial charge in [-0.2, -0.15) is 25.3 Å². The fraction of sp³-hybridized carbons (Fsp3) is 0.649. The van der Waals surface area contributed by atoms with Crippen LogP contribution in [0.5, 0.6) is 0 Å². The monoisotopic (exact) mass is 990 g/mol. The van der Waals surface area contributed by atoms with Gasteiger partial charge in [0.1, 0.15) is 42.3 Å². The standard InChI is InChI=1S/C37H62N14O14S2/c1-18(52)45-24(17-67)35(64)48-20(7-4-10-42-37(40)41)31(60)43-14-26(53)46-21(12-28(55)56)33(62)47-19(6-2-3-9-38)32(61)44-15-27(54)51-11-5-8-25(51)36(65)49-22(13-29(57)58)34(63)50-23(16-66)30(39)59/h19-25,66-67H,2-17,38H2,1H3,(H2,39,59)(H,43,60)(H,44,61)(H,45,52)(H,46,53)(H,47,62)(H,48,64)(H,49,65)(H,50,63)(H,55,56)(H,57,58)(H4,40,41,42)/t19-,20-,21-,22-,23-,24-,25-/m0/s1. The topological polar surface area (TPSA) is 461 Å². The molecule has 376 valence electrons. The Morgan fingerprint density at radius 1 is 0.642 bits per heavy atom. The van der Waals surface area contributed by atoms with Gasteiger partial charge in [0.25, 0.3) is 0 Å². The minimum absolute atomic E-state index is 0.0313. The molecule has 10 amide bonds. The summed E-state index contributed by atoms with van der Waals surface area (Å²) in [5.41, 5.74) is 21.5. The summed E-state index contributed by atoms with van der Waals surface area (Å²) in [5, 5.41) is 37.4. The Balaban J connectivity index is 3.09. The van der Waals surface area contributed by atoms with Gasteiger partial charge in [-0.15, -0.1) is 0 Å². The third kappa shape index (κ3) is 22.6. The molecule has 1 rings (SSSR count). The van der Waals surface area contributed by atoms with Crippen molar-refractivity contribution in [3.05, 3.63) is 0 Å². The molecule has 28 nitrogen and oxygen atoms in total. The molecule has 0 bridgehead atoms. The summed E-state index contributed by atoms with van der Waals surface area (Å²) in [5.74, 6) is -12.5.